The second-order valence-electron chi connectivity index (χ2n) is 5.53. The zero-order valence-electron chi connectivity index (χ0n) is 13.1. The van der Waals surface area contributed by atoms with Crippen molar-refractivity contribution < 1.29 is 4.79 Å². The molecule has 1 atom stereocenters. The molecule has 0 saturated heterocycles. The molecule has 0 unspecified atom stereocenters. The lowest BCUT2D eigenvalue weighted by atomic mass is 9.96. The number of nitrogens with zero attached hydrogens (tertiary/aromatic N) is 2. The standard InChI is InChI=1S/C16H19N3OS3/c1-2-12(23-16-18-7-8-21-16)14(20)19-15-11(9-17)10-5-3-4-6-13(10)22-15/h12H,2-8H2,1H3,(H,19,20)/t12-/m0/s1. The molecule has 122 valence electrons. The highest BCUT2D eigenvalue weighted by molar-refractivity contribution is 8.39. The van der Waals surface area contributed by atoms with E-state index in [0.717, 1.165) is 52.9 Å². The van der Waals surface area contributed by atoms with Gasteiger partial charge in [-0.15, -0.1) is 11.3 Å². The van der Waals surface area contributed by atoms with Gasteiger partial charge in [-0.05, 0) is 37.7 Å². The van der Waals surface area contributed by atoms with E-state index in [9.17, 15) is 10.1 Å². The van der Waals surface area contributed by atoms with Crippen LogP contribution in [0.1, 0.15) is 42.2 Å². The molecule has 0 radical (unpaired) electrons. The Morgan fingerprint density at radius 1 is 1.48 bits per heavy atom. The van der Waals surface area contributed by atoms with Crippen LogP contribution in [0.2, 0.25) is 0 Å². The van der Waals surface area contributed by atoms with Crippen LogP contribution in [-0.2, 0) is 17.6 Å². The van der Waals surface area contributed by atoms with Crippen molar-refractivity contribution in [2.45, 2.75) is 44.3 Å². The number of hydrogen-bond acceptors (Lipinski definition) is 6. The van der Waals surface area contributed by atoms with Crippen molar-refractivity contribution in [2.75, 3.05) is 17.6 Å². The highest BCUT2D eigenvalue weighted by atomic mass is 32.2. The fraction of sp³-hybridized carbons (Fsp3) is 0.562. The fourth-order valence-electron chi connectivity index (χ4n) is 2.80. The van der Waals surface area contributed by atoms with Crippen molar-refractivity contribution in [1.82, 2.24) is 0 Å². The average Bonchev–Trinajstić information content (AvgIpc) is 3.19. The van der Waals surface area contributed by atoms with Gasteiger partial charge < -0.3 is 5.32 Å². The van der Waals surface area contributed by atoms with Crippen molar-refractivity contribution in [2.24, 2.45) is 4.99 Å². The maximum atomic E-state index is 12.6. The molecular formula is C16H19N3OS3. The Hall–Kier alpha value is -0.970. The fourth-order valence-corrected chi connectivity index (χ4v) is 6.19. The number of anilines is 1. The predicted octanol–water partition coefficient (Wildman–Crippen LogP) is 4.05. The summed E-state index contributed by atoms with van der Waals surface area (Å²) in [5.74, 6) is 0.999. The minimum atomic E-state index is -0.148. The van der Waals surface area contributed by atoms with Gasteiger partial charge in [0.1, 0.15) is 15.4 Å². The number of thiophene rings is 1. The Balaban J connectivity index is 1.74. The van der Waals surface area contributed by atoms with Gasteiger partial charge in [0.05, 0.1) is 17.4 Å². The van der Waals surface area contributed by atoms with E-state index in [1.165, 1.54) is 11.3 Å². The summed E-state index contributed by atoms with van der Waals surface area (Å²) in [5.41, 5.74) is 1.85. The summed E-state index contributed by atoms with van der Waals surface area (Å²) in [4.78, 5) is 18.3. The third kappa shape index (κ3) is 3.76. The zero-order chi connectivity index (χ0) is 16.2. The lowest BCUT2D eigenvalue weighted by Crippen LogP contribution is -2.25. The lowest BCUT2D eigenvalue weighted by molar-refractivity contribution is -0.115. The van der Waals surface area contributed by atoms with E-state index in [2.05, 4.69) is 16.4 Å². The molecular weight excluding hydrogens is 346 g/mol. The van der Waals surface area contributed by atoms with E-state index in [4.69, 9.17) is 0 Å². The quantitative estimate of drug-likeness (QED) is 0.874. The third-order valence-corrected chi connectivity index (χ3v) is 7.76. The van der Waals surface area contributed by atoms with Gasteiger partial charge in [-0.25, -0.2) is 0 Å². The molecule has 0 spiro atoms. The van der Waals surface area contributed by atoms with Gasteiger partial charge >= 0.3 is 0 Å². The monoisotopic (exact) mass is 365 g/mol. The van der Waals surface area contributed by atoms with E-state index in [1.54, 1.807) is 34.9 Å². The number of rotatable bonds is 4. The molecule has 7 heteroatoms. The maximum absolute atomic E-state index is 12.6. The van der Waals surface area contributed by atoms with Crippen LogP contribution in [0.5, 0.6) is 0 Å². The molecule has 2 aliphatic rings. The molecule has 0 fully saturated rings. The Labute approximate surface area is 149 Å². The number of aryl methyl sites for hydroxylation is 1. The highest BCUT2D eigenvalue weighted by Crippen LogP contribution is 2.38. The number of fused-ring (bicyclic) bond motifs is 1. The molecule has 2 heterocycles. The molecule has 1 N–H and O–H groups in total. The first-order valence-corrected chi connectivity index (χ1v) is 10.6. The highest BCUT2D eigenvalue weighted by Gasteiger charge is 2.26. The van der Waals surface area contributed by atoms with Crippen LogP contribution < -0.4 is 5.32 Å². The number of aliphatic imine (C=N–C) groups is 1. The minimum absolute atomic E-state index is 0.0113. The second kappa shape index (κ2) is 7.73. The molecule has 23 heavy (non-hydrogen) atoms. The summed E-state index contributed by atoms with van der Waals surface area (Å²) in [6.07, 6.45) is 5.06. The number of nitriles is 1. The normalized spacial score (nSPS) is 18.0. The predicted molar refractivity (Wildman–Crippen MR) is 101 cm³/mol. The molecule has 0 bridgehead atoms. The van der Waals surface area contributed by atoms with Gasteiger partial charge in [-0.1, -0.05) is 30.4 Å². The third-order valence-electron chi connectivity index (χ3n) is 3.98. The van der Waals surface area contributed by atoms with Crippen LogP contribution in [0.15, 0.2) is 4.99 Å². The lowest BCUT2D eigenvalue weighted by Gasteiger charge is -2.13. The number of nitrogens with one attached hydrogen (secondary N) is 1. The van der Waals surface area contributed by atoms with Crippen molar-refractivity contribution >= 4 is 50.1 Å². The van der Waals surface area contributed by atoms with Gasteiger partial charge in [0.25, 0.3) is 0 Å². The van der Waals surface area contributed by atoms with Crippen LogP contribution in [0.25, 0.3) is 0 Å². The first kappa shape index (κ1) is 16.9. The SMILES string of the molecule is CC[C@H](SC1=NCCS1)C(=O)Nc1sc2c(c1C#N)CCCC2. The Bertz CT molecular complexity index is 675. The van der Waals surface area contributed by atoms with Crippen LogP contribution in [0.4, 0.5) is 5.00 Å². The van der Waals surface area contributed by atoms with E-state index < -0.39 is 0 Å². The van der Waals surface area contributed by atoms with Crippen molar-refractivity contribution in [3.63, 3.8) is 0 Å². The molecule has 1 aromatic heterocycles. The van der Waals surface area contributed by atoms with Crippen LogP contribution >= 0.6 is 34.9 Å². The smallest absolute Gasteiger partial charge is 0.238 e. The van der Waals surface area contributed by atoms with Crippen LogP contribution in [0, 0.1) is 11.3 Å². The number of thioether (sulfide) groups is 2. The molecule has 1 amide bonds. The summed E-state index contributed by atoms with van der Waals surface area (Å²) in [7, 11) is 0. The van der Waals surface area contributed by atoms with E-state index in [-0.39, 0.29) is 11.2 Å². The average molecular weight is 366 g/mol. The van der Waals surface area contributed by atoms with E-state index in [0.29, 0.717) is 5.56 Å². The summed E-state index contributed by atoms with van der Waals surface area (Å²) in [6.45, 7) is 2.86. The minimum Gasteiger partial charge on any atom is -0.316 e. The Morgan fingerprint density at radius 3 is 3.00 bits per heavy atom. The van der Waals surface area contributed by atoms with Crippen molar-refractivity contribution in [3.8, 4) is 6.07 Å². The molecule has 1 aliphatic carbocycles. The zero-order valence-corrected chi connectivity index (χ0v) is 15.5. The number of carbonyl (C=O) groups is 1. The van der Waals surface area contributed by atoms with Crippen molar-refractivity contribution in [1.29, 1.82) is 5.26 Å². The Morgan fingerprint density at radius 2 is 2.30 bits per heavy atom. The number of amides is 1. The second-order valence-corrected chi connectivity index (χ2v) is 9.17. The maximum Gasteiger partial charge on any atom is 0.238 e. The molecule has 4 nitrogen and oxygen atoms in total. The topological polar surface area (TPSA) is 65.2 Å². The molecule has 1 aromatic rings. The summed E-state index contributed by atoms with van der Waals surface area (Å²) >= 11 is 4.86. The summed E-state index contributed by atoms with van der Waals surface area (Å²) in [5, 5.41) is 13.1. The first-order chi connectivity index (χ1) is 11.2. The Kier molecular flexibility index (Phi) is 5.67. The largest absolute Gasteiger partial charge is 0.316 e. The van der Waals surface area contributed by atoms with Crippen LogP contribution in [-0.4, -0.2) is 27.8 Å². The van der Waals surface area contributed by atoms with Gasteiger partial charge in [-0.2, -0.15) is 5.26 Å². The number of carbonyl (C=O) groups excluding carboxylic acids is 1. The first-order valence-electron chi connectivity index (χ1n) is 7.92. The molecule has 3 rings (SSSR count). The van der Waals surface area contributed by atoms with Gasteiger partial charge in [-0.3, -0.25) is 9.79 Å². The molecule has 1 aliphatic heterocycles. The van der Waals surface area contributed by atoms with Gasteiger partial charge in [0.2, 0.25) is 5.91 Å². The van der Waals surface area contributed by atoms with E-state index >= 15 is 0 Å². The number of hydrogen-bond donors (Lipinski definition) is 1. The summed E-state index contributed by atoms with van der Waals surface area (Å²) < 4.78 is 1.01. The molecule has 0 saturated carbocycles. The van der Waals surface area contributed by atoms with E-state index in [1.807, 2.05) is 6.92 Å². The van der Waals surface area contributed by atoms with Gasteiger partial charge in [0.15, 0.2) is 0 Å². The molecule has 0 aromatic carbocycles. The van der Waals surface area contributed by atoms with Crippen molar-refractivity contribution in [3.05, 3.63) is 16.0 Å². The van der Waals surface area contributed by atoms with Crippen LogP contribution in [0.3, 0.4) is 0 Å². The van der Waals surface area contributed by atoms with Gasteiger partial charge in [0, 0.05) is 10.6 Å². The summed E-state index contributed by atoms with van der Waals surface area (Å²) in [6, 6.07) is 2.30.